The standard InChI is InChI=1S/C84H99NO9/c1-48-54-20-19-50(35-54)33-49-11-8-12-51(34-49)41-80-32-31-77-28-22-55(48)37-67-73(89)83(91)72-56(16-10-18-60-59(52-13-4-3-5-14-52)23-29-76-30-24-64(80)66(40-65(60)76)81(76,74(77)94-80)46-79(72,47-87)84(67,77)92)42-78-45-75(25-6-7-26-75)27-21-53-15-9-17-57(44-86)61(53)38-68(85-2)62-36-58(43-82(78,83)90)70(78)63-39-69(88)93-71(62)63/h3-5,8-9,11-15,17,34,39,47-48,50,54-56,58-60,62,64-68,70-74,85-86,89-92H,6-7,18-20,22-26,28-33,35-38,40-46H2,1-2H3/t48-,50-,54-,55-,56-,58+,59+,60-,62-,64+,65+,66-,67+,68-,70+,71+,72+,73-,74+,76-,77+,78-,79-,80+,81-,82+,83+,84-/m0/s1. The maximum atomic E-state index is 16.9. The summed E-state index contributed by atoms with van der Waals surface area (Å²) in [6, 6.07) is 26.8. The number of aliphatic hydroxyl groups excluding tert-OH is 2. The molecule has 0 unspecified atom stereocenters. The summed E-state index contributed by atoms with van der Waals surface area (Å²) in [5.74, 6) is 14.4. The van der Waals surface area contributed by atoms with E-state index in [1.807, 2.05) is 19.2 Å². The number of likely N-dealkylation sites (N-methyl/N-ethyl adjacent to an activating group) is 1. The fourth-order valence-corrected chi connectivity index (χ4v) is 31.1. The van der Waals surface area contributed by atoms with E-state index in [1.165, 1.54) is 29.4 Å². The van der Waals surface area contributed by atoms with Gasteiger partial charge in [0.05, 0.1) is 35.4 Å². The second-order valence-corrected chi connectivity index (χ2v) is 36.0. The van der Waals surface area contributed by atoms with Crippen molar-refractivity contribution in [3.63, 3.8) is 0 Å². The van der Waals surface area contributed by atoms with E-state index >= 15 is 25.2 Å². The number of aliphatic hydroxyl groups is 5. The highest BCUT2D eigenvalue weighted by molar-refractivity contribution is 5.86. The number of rotatable bonds is 4. The molecule has 13 fully saturated rings. The Hall–Kier alpha value is -4.62. The highest BCUT2D eigenvalue weighted by Gasteiger charge is 2.94. The van der Waals surface area contributed by atoms with E-state index in [4.69, 9.17) is 9.47 Å². The van der Waals surface area contributed by atoms with Gasteiger partial charge in [0.15, 0.2) is 0 Å². The fraction of sp³-hybridized carbons (Fsp3) is 0.690. The molecule has 0 radical (unpaired) electrons. The van der Waals surface area contributed by atoms with Gasteiger partial charge < -0.3 is 45.1 Å². The van der Waals surface area contributed by atoms with Crippen LogP contribution in [-0.4, -0.2) is 91.6 Å². The average Bonchev–Trinajstić information content (AvgIpc) is 0.962. The maximum Gasteiger partial charge on any atom is 0.331 e. The molecule has 4 aliphatic heterocycles. The third-order valence-corrected chi connectivity index (χ3v) is 33.9. The van der Waals surface area contributed by atoms with Gasteiger partial charge in [0.2, 0.25) is 0 Å². The van der Waals surface area contributed by atoms with Crippen molar-refractivity contribution in [3.05, 3.63) is 118 Å². The van der Waals surface area contributed by atoms with Crippen molar-refractivity contribution in [2.45, 2.75) is 233 Å². The van der Waals surface area contributed by atoms with Crippen molar-refractivity contribution in [1.29, 1.82) is 0 Å². The summed E-state index contributed by atoms with van der Waals surface area (Å²) in [7, 11) is 1.98. The first-order valence-corrected chi connectivity index (χ1v) is 38.0. The van der Waals surface area contributed by atoms with E-state index in [0.29, 0.717) is 69.6 Å². The summed E-state index contributed by atoms with van der Waals surface area (Å²) in [5.41, 5.74) is -4.27. The summed E-state index contributed by atoms with van der Waals surface area (Å²) in [5, 5.41) is 78.5. The van der Waals surface area contributed by atoms with E-state index in [-0.39, 0.29) is 89.8 Å². The smallest absolute Gasteiger partial charge is 0.331 e. The minimum Gasteiger partial charge on any atom is -0.454 e. The van der Waals surface area contributed by atoms with Gasteiger partial charge in [-0.2, -0.15) is 0 Å². The van der Waals surface area contributed by atoms with Crippen molar-refractivity contribution in [2.24, 2.45) is 115 Å². The number of ether oxygens (including phenoxy) is 2. The lowest BCUT2D eigenvalue weighted by atomic mass is 9.24. The minimum atomic E-state index is -2.36. The highest BCUT2D eigenvalue weighted by atomic mass is 16.5. The Bertz CT molecular complexity index is 3870. The first kappa shape index (κ1) is 59.4. The SMILES string of the molecule is CN[C@H]1Cc2c(cccc2CO)C#CC2(CCCC2)C[C@]23C[C@@H]4C#CC[C@H]5[C@@H](c6ccccc6)CC[C@]67CC[C@@H]8[C@H](C[C@H]56)[C@]75C[C@]6(C=O)[C@@H]4[C@@](O)([C@@H](O)[C@H]4C[C@@H]7CC[C@]9(CC[C@]8(Cc8cccc(c8)C[C@@H]8CC[C@@H](C8)[C@@H]7C)O[C@H]95)[C@@]46O)[C@@]2(O)C[C@H]2C[C@@H]1[C@H]1OC(=O)C=C1[C@@H]23. The van der Waals surface area contributed by atoms with Gasteiger partial charge in [-0.3, -0.25) is 0 Å². The molecule has 28 atom stereocenters. The van der Waals surface area contributed by atoms with Gasteiger partial charge >= 0.3 is 5.97 Å². The van der Waals surface area contributed by atoms with Gasteiger partial charge in [-0.15, -0.1) is 5.92 Å². The van der Waals surface area contributed by atoms with Crippen LogP contribution < -0.4 is 5.32 Å². The number of aldehydes is 1. The number of esters is 1. The summed E-state index contributed by atoms with van der Waals surface area (Å²) < 4.78 is 15.4. The molecule has 19 aliphatic rings. The largest absolute Gasteiger partial charge is 0.454 e. The molecule has 3 aromatic carbocycles. The van der Waals surface area contributed by atoms with Crippen LogP contribution in [-0.2, 0) is 44.9 Å². The normalized spacial score (nSPS) is 52.4. The van der Waals surface area contributed by atoms with Crippen molar-refractivity contribution < 1.29 is 44.6 Å². The second kappa shape index (κ2) is 19.8. The van der Waals surface area contributed by atoms with Gasteiger partial charge in [0, 0.05) is 75.9 Å². The molecule has 10 nitrogen and oxygen atoms in total. The second-order valence-electron chi connectivity index (χ2n) is 36.0. The molecule has 2 saturated heterocycles. The van der Waals surface area contributed by atoms with Crippen molar-refractivity contribution >= 4 is 12.3 Å². The Morgan fingerprint density at radius 2 is 1.55 bits per heavy atom. The monoisotopic (exact) mass is 1270 g/mol. The Morgan fingerprint density at radius 1 is 0.745 bits per heavy atom. The number of carbonyl (C=O) groups is 2. The van der Waals surface area contributed by atoms with Crippen LogP contribution in [0.5, 0.6) is 0 Å². The first-order chi connectivity index (χ1) is 45.5. The number of carbonyl (C=O) groups excluding carboxylic acids is 2. The van der Waals surface area contributed by atoms with Crippen molar-refractivity contribution in [3.8, 4) is 23.7 Å². The molecular formula is C84H99NO9. The molecule has 15 aliphatic carbocycles. The predicted octanol–water partition coefficient (Wildman–Crippen LogP) is 11.7. The minimum absolute atomic E-state index is 0.0685. The molecule has 10 heteroatoms. The zero-order chi connectivity index (χ0) is 63.5. The zero-order valence-corrected chi connectivity index (χ0v) is 55.5. The van der Waals surface area contributed by atoms with Gasteiger partial charge in [0.1, 0.15) is 23.6 Å². The highest BCUT2D eigenvalue weighted by Crippen LogP contribution is 2.90. The van der Waals surface area contributed by atoms with Crippen LogP contribution in [0.4, 0.5) is 0 Å². The van der Waals surface area contributed by atoms with Crippen LogP contribution in [0.3, 0.4) is 0 Å². The molecule has 94 heavy (non-hydrogen) atoms. The number of nitrogens with one attached hydrogen (secondary N) is 1. The van der Waals surface area contributed by atoms with Gasteiger partial charge in [-0.1, -0.05) is 104 Å². The van der Waals surface area contributed by atoms with E-state index < -0.39 is 85.4 Å². The van der Waals surface area contributed by atoms with Gasteiger partial charge in [0.25, 0.3) is 0 Å². The molecule has 6 spiro atoms. The number of hydrogen-bond acceptors (Lipinski definition) is 10. The topological polar surface area (TPSA) is 166 Å². The lowest BCUT2D eigenvalue weighted by Gasteiger charge is -2.83. The molecule has 494 valence electrons. The molecule has 0 amide bonds. The molecule has 11 saturated carbocycles. The molecule has 6 N–H and O–H groups in total. The van der Waals surface area contributed by atoms with E-state index in [0.717, 1.165) is 119 Å². The van der Waals surface area contributed by atoms with Crippen molar-refractivity contribution in [1.82, 2.24) is 5.32 Å². The maximum absolute atomic E-state index is 16.9. The van der Waals surface area contributed by atoms with Crippen LogP contribution in [0.15, 0.2) is 84.4 Å². The Kier molecular flexibility index (Phi) is 12.6. The van der Waals surface area contributed by atoms with E-state index in [9.17, 15) is 9.90 Å². The number of fused-ring (bicyclic) bond motifs is 3. The number of hydrogen-bond donors (Lipinski definition) is 6. The number of benzene rings is 3. The Morgan fingerprint density at radius 3 is 2.38 bits per heavy atom. The molecule has 22 rings (SSSR count). The fourth-order valence-electron chi connectivity index (χ4n) is 31.1. The first-order valence-electron chi connectivity index (χ1n) is 38.0. The summed E-state index contributed by atoms with van der Waals surface area (Å²) >= 11 is 0. The van der Waals surface area contributed by atoms with Gasteiger partial charge in [-0.25, -0.2) is 4.79 Å². The summed E-state index contributed by atoms with van der Waals surface area (Å²) in [4.78, 5) is 31.4. The molecule has 0 aromatic heterocycles. The summed E-state index contributed by atoms with van der Waals surface area (Å²) in [6.45, 7) is 2.35. The molecule has 4 heterocycles. The zero-order valence-electron chi connectivity index (χ0n) is 55.5. The third-order valence-electron chi connectivity index (χ3n) is 33.9. The third kappa shape index (κ3) is 6.95. The lowest BCUT2D eigenvalue weighted by molar-refractivity contribution is -0.450. The van der Waals surface area contributed by atoms with E-state index in [2.05, 4.69) is 96.6 Å². The van der Waals surface area contributed by atoms with Gasteiger partial charge in [-0.05, 0) is 258 Å². The van der Waals surface area contributed by atoms with Crippen LogP contribution >= 0.6 is 0 Å². The molecular weight excluding hydrogens is 1170 g/mol. The van der Waals surface area contributed by atoms with Crippen molar-refractivity contribution in [2.75, 3.05) is 7.05 Å². The van der Waals surface area contributed by atoms with Crippen LogP contribution in [0.25, 0.3) is 0 Å². The van der Waals surface area contributed by atoms with Crippen LogP contribution in [0, 0.1) is 139 Å². The van der Waals surface area contributed by atoms with Crippen LogP contribution in [0.2, 0.25) is 0 Å². The average molecular weight is 1270 g/mol. The quantitative estimate of drug-likeness (QED) is 0.0841. The summed E-state index contributed by atoms with van der Waals surface area (Å²) in [6.07, 6.45) is 20.7. The predicted molar refractivity (Wildman–Crippen MR) is 354 cm³/mol. The Balaban J connectivity index is 0.872. The molecule has 3 aromatic rings. The van der Waals surface area contributed by atoms with Crippen LogP contribution in [0.1, 0.15) is 194 Å². The Labute approximate surface area is 556 Å². The molecule has 19 bridgehead atoms. The lowest BCUT2D eigenvalue weighted by Crippen LogP contribution is -2.92. The van der Waals surface area contributed by atoms with E-state index in [1.54, 1.807) is 6.08 Å².